The minimum atomic E-state index is -0.490. The van der Waals surface area contributed by atoms with E-state index in [0.717, 1.165) is 55.7 Å². The van der Waals surface area contributed by atoms with E-state index in [0.29, 0.717) is 18.8 Å². The fourth-order valence-corrected chi connectivity index (χ4v) is 4.26. The van der Waals surface area contributed by atoms with Gasteiger partial charge >= 0.3 is 6.09 Å². The molecule has 0 aromatic heterocycles. The first-order chi connectivity index (χ1) is 15.1. The number of hydrogen-bond acceptors (Lipinski definition) is 3. The zero-order valence-electron chi connectivity index (χ0n) is 19.7. The fourth-order valence-electron chi connectivity index (χ4n) is 4.26. The molecule has 0 fully saturated rings. The Kier molecular flexibility index (Phi) is 11.9. The van der Waals surface area contributed by atoms with Gasteiger partial charge in [-0.1, -0.05) is 38.1 Å². The number of nitrogens with one attached hydrogen (secondary N) is 2. The van der Waals surface area contributed by atoms with Crippen molar-refractivity contribution in [1.82, 2.24) is 0 Å². The van der Waals surface area contributed by atoms with Crippen molar-refractivity contribution in [1.29, 1.82) is 0 Å². The van der Waals surface area contributed by atoms with Crippen LogP contribution in [-0.2, 0) is 22.4 Å². The zero-order chi connectivity index (χ0) is 22.2. The number of ether oxygens (including phenoxy) is 1. The molecule has 2 amide bonds. The SMILES string of the molecule is CCC[NH+](CCC)CC(=O)N1c2ccccc2CCc2ccc(NC(=O)OCC)cc21.O.[Cl-]. The summed E-state index contributed by atoms with van der Waals surface area (Å²) in [6.45, 7) is 8.80. The number of para-hydroxylation sites is 1. The van der Waals surface area contributed by atoms with Crippen molar-refractivity contribution >= 4 is 29.1 Å². The predicted octanol–water partition coefficient (Wildman–Crippen LogP) is -0.0975. The van der Waals surface area contributed by atoms with E-state index >= 15 is 0 Å². The van der Waals surface area contributed by atoms with E-state index < -0.39 is 6.09 Å². The summed E-state index contributed by atoms with van der Waals surface area (Å²) in [5.74, 6) is 0.0841. The minimum Gasteiger partial charge on any atom is -1.00 e. The Bertz CT molecular complexity index is 916. The maximum atomic E-state index is 13.7. The summed E-state index contributed by atoms with van der Waals surface area (Å²) in [7, 11) is 0. The van der Waals surface area contributed by atoms with E-state index in [-0.39, 0.29) is 23.8 Å². The highest BCUT2D eigenvalue weighted by Crippen LogP contribution is 2.37. The average molecular weight is 478 g/mol. The number of fused-ring (bicyclic) bond motifs is 2. The quantitative estimate of drug-likeness (QED) is 0.556. The molecule has 0 saturated carbocycles. The molecule has 8 heteroatoms. The Balaban J connectivity index is 0.00000272. The molecule has 7 nitrogen and oxygen atoms in total. The molecule has 0 atom stereocenters. The van der Waals surface area contributed by atoms with Crippen LogP contribution in [0, 0.1) is 0 Å². The fraction of sp³-hybridized carbons (Fsp3) is 0.440. The van der Waals surface area contributed by atoms with E-state index in [1.807, 2.05) is 41.3 Å². The summed E-state index contributed by atoms with van der Waals surface area (Å²) in [5.41, 5.74) is 4.68. The number of aryl methyl sites for hydroxylation is 2. The van der Waals surface area contributed by atoms with Gasteiger partial charge in [0.15, 0.2) is 6.54 Å². The second kappa shape index (κ2) is 13.8. The van der Waals surface area contributed by atoms with Crippen molar-refractivity contribution in [2.75, 3.05) is 36.5 Å². The van der Waals surface area contributed by atoms with Crippen LogP contribution in [0.3, 0.4) is 0 Å². The van der Waals surface area contributed by atoms with Crippen LogP contribution >= 0.6 is 0 Å². The maximum absolute atomic E-state index is 13.7. The molecule has 4 N–H and O–H groups in total. The number of anilines is 3. The van der Waals surface area contributed by atoms with Crippen LogP contribution in [0.15, 0.2) is 42.5 Å². The summed E-state index contributed by atoms with van der Waals surface area (Å²) in [6.07, 6.45) is 3.32. The van der Waals surface area contributed by atoms with E-state index in [9.17, 15) is 9.59 Å². The van der Waals surface area contributed by atoms with Gasteiger partial charge in [-0.15, -0.1) is 0 Å². The van der Waals surface area contributed by atoms with Crippen molar-refractivity contribution in [2.24, 2.45) is 0 Å². The van der Waals surface area contributed by atoms with Crippen molar-refractivity contribution < 1.29 is 37.1 Å². The molecule has 0 unspecified atom stereocenters. The van der Waals surface area contributed by atoms with Gasteiger partial charge < -0.3 is 27.5 Å². The molecule has 1 aliphatic heterocycles. The van der Waals surface area contributed by atoms with Gasteiger partial charge in [0.1, 0.15) is 0 Å². The Morgan fingerprint density at radius 1 is 0.970 bits per heavy atom. The lowest BCUT2D eigenvalue weighted by Gasteiger charge is -2.27. The number of hydrogen-bond donors (Lipinski definition) is 2. The highest BCUT2D eigenvalue weighted by molar-refractivity contribution is 6.03. The first-order valence-corrected chi connectivity index (χ1v) is 11.4. The molecule has 0 bridgehead atoms. The summed E-state index contributed by atoms with van der Waals surface area (Å²) in [4.78, 5) is 28.8. The largest absolute Gasteiger partial charge is 1.00 e. The van der Waals surface area contributed by atoms with Crippen molar-refractivity contribution in [3.63, 3.8) is 0 Å². The number of halogens is 1. The number of carbonyl (C=O) groups is 2. The van der Waals surface area contributed by atoms with Crippen LogP contribution in [0.25, 0.3) is 0 Å². The molecule has 1 heterocycles. The van der Waals surface area contributed by atoms with Crippen LogP contribution in [0.1, 0.15) is 44.7 Å². The van der Waals surface area contributed by atoms with Gasteiger partial charge in [-0.25, -0.2) is 4.79 Å². The lowest BCUT2D eigenvalue weighted by molar-refractivity contribution is -0.892. The van der Waals surface area contributed by atoms with Gasteiger partial charge in [-0.2, -0.15) is 0 Å². The number of benzene rings is 2. The molecule has 0 radical (unpaired) electrons. The van der Waals surface area contributed by atoms with E-state index in [1.165, 1.54) is 10.5 Å². The number of amides is 2. The smallest absolute Gasteiger partial charge is 0.411 e. The Labute approximate surface area is 202 Å². The Morgan fingerprint density at radius 3 is 2.24 bits per heavy atom. The second-order valence-corrected chi connectivity index (χ2v) is 7.97. The molecule has 3 rings (SSSR count). The standard InChI is InChI=1S/C25H33N3O3.ClH.H2O/c1-4-15-27(16-5-2)18-24(29)28-22-10-8-7-9-19(22)11-12-20-13-14-21(17-23(20)28)26-25(30)31-6-3;;/h7-10,13-14,17H,4-6,11-12,15-16,18H2,1-3H3,(H,26,30);1H;1H2. The van der Waals surface area contributed by atoms with Crippen molar-refractivity contribution in [2.45, 2.75) is 46.5 Å². The number of nitrogens with zero attached hydrogens (tertiary/aromatic N) is 1. The first kappa shape index (κ1) is 28.4. The Morgan fingerprint density at radius 2 is 1.61 bits per heavy atom. The molecule has 0 spiro atoms. The third-order valence-corrected chi connectivity index (χ3v) is 5.60. The molecule has 2 aromatic carbocycles. The average Bonchev–Trinajstić information content (AvgIpc) is 2.91. The van der Waals surface area contributed by atoms with Crippen LogP contribution in [0.5, 0.6) is 0 Å². The number of carbonyl (C=O) groups excluding carboxylic acids is 2. The first-order valence-electron chi connectivity index (χ1n) is 11.4. The van der Waals surface area contributed by atoms with E-state index in [1.54, 1.807) is 6.92 Å². The molecule has 2 aromatic rings. The second-order valence-electron chi connectivity index (χ2n) is 7.97. The van der Waals surface area contributed by atoms with Crippen molar-refractivity contribution in [3.05, 3.63) is 53.6 Å². The Hall–Kier alpha value is -2.61. The maximum Gasteiger partial charge on any atom is 0.411 e. The van der Waals surface area contributed by atoms with Gasteiger partial charge in [0, 0.05) is 5.69 Å². The van der Waals surface area contributed by atoms with Gasteiger partial charge in [0.25, 0.3) is 5.91 Å². The minimum absolute atomic E-state index is 0. The molecule has 0 aliphatic carbocycles. The third-order valence-electron chi connectivity index (χ3n) is 5.60. The highest BCUT2D eigenvalue weighted by atomic mass is 35.5. The van der Waals surface area contributed by atoms with Crippen LogP contribution in [-0.4, -0.2) is 43.7 Å². The highest BCUT2D eigenvalue weighted by Gasteiger charge is 2.28. The molecule has 1 aliphatic rings. The lowest BCUT2D eigenvalue weighted by Crippen LogP contribution is -3.13. The molecular formula is C25H36ClN3O4. The van der Waals surface area contributed by atoms with Gasteiger partial charge in [-0.05, 0) is 61.9 Å². The molecule has 0 saturated heterocycles. The van der Waals surface area contributed by atoms with Gasteiger partial charge in [0.2, 0.25) is 0 Å². The van der Waals surface area contributed by atoms with Crippen LogP contribution < -0.4 is 27.5 Å². The summed E-state index contributed by atoms with van der Waals surface area (Å²) in [5, 5.41) is 2.77. The van der Waals surface area contributed by atoms with Gasteiger partial charge in [0.05, 0.1) is 31.1 Å². The molecule has 182 valence electrons. The topological polar surface area (TPSA) is 94.6 Å². The number of rotatable bonds is 8. The summed E-state index contributed by atoms with van der Waals surface area (Å²) >= 11 is 0. The summed E-state index contributed by atoms with van der Waals surface area (Å²) in [6, 6.07) is 13.9. The number of quaternary nitrogens is 1. The molecule has 33 heavy (non-hydrogen) atoms. The van der Waals surface area contributed by atoms with Gasteiger partial charge in [-0.3, -0.25) is 15.0 Å². The van der Waals surface area contributed by atoms with Crippen LogP contribution in [0.2, 0.25) is 0 Å². The van der Waals surface area contributed by atoms with Crippen LogP contribution in [0.4, 0.5) is 21.9 Å². The van der Waals surface area contributed by atoms with E-state index in [4.69, 9.17) is 4.74 Å². The summed E-state index contributed by atoms with van der Waals surface area (Å²) < 4.78 is 5.02. The molecular weight excluding hydrogens is 442 g/mol. The van der Waals surface area contributed by atoms with Crippen molar-refractivity contribution in [3.8, 4) is 0 Å². The predicted molar refractivity (Wildman–Crippen MR) is 128 cm³/mol. The van der Waals surface area contributed by atoms with E-state index in [2.05, 4.69) is 25.2 Å². The third kappa shape index (κ3) is 7.19. The normalized spacial score (nSPS) is 11.9. The lowest BCUT2D eigenvalue weighted by atomic mass is 10.0. The monoisotopic (exact) mass is 477 g/mol. The zero-order valence-corrected chi connectivity index (χ0v) is 20.5.